The Labute approximate surface area is 137 Å². The lowest BCUT2D eigenvalue weighted by Crippen LogP contribution is -2.15. The highest BCUT2D eigenvalue weighted by Gasteiger charge is 2.10. The van der Waals surface area contributed by atoms with Gasteiger partial charge in [0.2, 0.25) is 0 Å². The Hall–Kier alpha value is -1.97. The van der Waals surface area contributed by atoms with Gasteiger partial charge >= 0.3 is 0 Å². The van der Waals surface area contributed by atoms with Gasteiger partial charge in [-0.1, -0.05) is 29.8 Å². The first-order chi connectivity index (χ1) is 9.97. The first kappa shape index (κ1) is 18.1. The molecule has 0 unspecified atom stereocenters. The van der Waals surface area contributed by atoms with Gasteiger partial charge in [-0.3, -0.25) is 0 Å². The molecule has 3 nitrogen and oxygen atoms in total. The van der Waals surface area contributed by atoms with Gasteiger partial charge in [0.15, 0.2) is 0 Å². The molecule has 0 saturated heterocycles. The molecule has 0 spiro atoms. The highest BCUT2D eigenvalue weighted by molar-refractivity contribution is 5.85. The second-order valence-corrected chi connectivity index (χ2v) is 5.49. The fraction of sp³-hybridized carbons (Fsp3) is 0.222. The Morgan fingerprint density at radius 3 is 2.09 bits per heavy atom. The van der Waals surface area contributed by atoms with E-state index in [0.717, 1.165) is 23.2 Å². The zero-order valence-corrected chi connectivity index (χ0v) is 13.9. The van der Waals surface area contributed by atoms with Crippen molar-refractivity contribution in [3.63, 3.8) is 0 Å². The van der Waals surface area contributed by atoms with Crippen LogP contribution in [0.5, 0.6) is 11.5 Å². The van der Waals surface area contributed by atoms with Gasteiger partial charge in [0.1, 0.15) is 11.5 Å². The second kappa shape index (κ2) is 7.87. The van der Waals surface area contributed by atoms with Crippen molar-refractivity contribution in [3.8, 4) is 11.5 Å². The molecular weight excluding hydrogens is 298 g/mol. The summed E-state index contributed by atoms with van der Waals surface area (Å²) in [6.45, 7) is 2.91. The average molecular weight is 320 g/mol. The van der Waals surface area contributed by atoms with E-state index >= 15 is 0 Å². The molecule has 22 heavy (non-hydrogen) atoms. The van der Waals surface area contributed by atoms with Crippen LogP contribution in [0.15, 0.2) is 54.1 Å². The smallest absolute Gasteiger partial charge is 0.116 e. The number of benzene rings is 2. The molecule has 0 aliphatic rings. The molecular formula is C18H22ClNO2. The summed E-state index contributed by atoms with van der Waals surface area (Å²) in [6, 6.07) is 14.4. The summed E-state index contributed by atoms with van der Waals surface area (Å²) < 4.78 is 0. The number of hydrogen-bond donors (Lipinski definition) is 2. The maximum absolute atomic E-state index is 9.74. The maximum atomic E-state index is 9.74. The molecule has 0 heterocycles. The minimum Gasteiger partial charge on any atom is -0.508 e. The highest BCUT2D eigenvalue weighted by atomic mass is 35.5. The van der Waals surface area contributed by atoms with E-state index in [9.17, 15) is 10.2 Å². The quantitative estimate of drug-likeness (QED) is 0.898. The summed E-state index contributed by atoms with van der Waals surface area (Å²) in [5.74, 6) is 0.501. The van der Waals surface area contributed by atoms with E-state index in [-0.39, 0.29) is 23.9 Å². The lowest BCUT2D eigenvalue weighted by atomic mass is 9.93. The number of nitrogens with zero attached hydrogens (tertiary/aromatic N) is 1. The lowest BCUT2D eigenvalue weighted by Gasteiger charge is -2.17. The van der Waals surface area contributed by atoms with E-state index < -0.39 is 0 Å². The topological polar surface area (TPSA) is 43.7 Å². The molecule has 0 aliphatic heterocycles. The van der Waals surface area contributed by atoms with Gasteiger partial charge in [-0.15, -0.1) is 12.4 Å². The first-order valence-corrected chi connectivity index (χ1v) is 6.90. The molecule has 0 fully saturated rings. The van der Waals surface area contributed by atoms with Crippen LogP contribution in [-0.4, -0.2) is 35.8 Å². The monoisotopic (exact) mass is 319 g/mol. The molecule has 2 aromatic rings. The number of likely N-dealkylation sites (N-methyl/N-ethyl adjacent to an activating group) is 1. The van der Waals surface area contributed by atoms with E-state index in [0.29, 0.717) is 0 Å². The Morgan fingerprint density at radius 1 is 0.909 bits per heavy atom. The van der Waals surface area contributed by atoms with Crippen LogP contribution in [0, 0.1) is 0 Å². The normalized spacial score (nSPS) is 11.8. The van der Waals surface area contributed by atoms with E-state index in [1.165, 1.54) is 5.57 Å². The van der Waals surface area contributed by atoms with E-state index in [1.807, 2.05) is 38.4 Å². The molecule has 0 aromatic heterocycles. The minimum atomic E-state index is 0. The molecule has 2 aromatic carbocycles. The lowest BCUT2D eigenvalue weighted by molar-refractivity contribution is 0.446. The van der Waals surface area contributed by atoms with Crippen molar-refractivity contribution < 1.29 is 10.2 Å². The van der Waals surface area contributed by atoms with Crippen LogP contribution in [0.4, 0.5) is 0 Å². The van der Waals surface area contributed by atoms with Crippen LogP contribution >= 0.6 is 12.4 Å². The van der Waals surface area contributed by atoms with Crippen molar-refractivity contribution in [1.29, 1.82) is 0 Å². The molecule has 118 valence electrons. The van der Waals surface area contributed by atoms with Gasteiger partial charge in [0.25, 0.3) is 0 Å². The number of hydrogen-bond acceptors (Lipinski definition) is 3. The standard InChI is InChI=1S/C18H21NO2.ClH/c1-13(12-19(2)3)18(14-7-9-16(20)10-8-14)15-5-4-6-17(21)11-15;/h4-11,20-21H,12H2,1-3H3;1H/b18-13-;. The highest BCUT2D eigenvalue weighted by Crippen LogP contribution is 2.30. The number of halogens is 1. The summed E-state index contributed by atoms with van der Waals surface area (Å²) in [5.41, 5.74) is 4.29. The van der Waals surface area contributed by atoms with Gasteiger partial charge in [-0.2, -0.15) is 0 Å². The number of aromatic hydroxyl groups is 2. The Morgan fingerprint density at radius 2 is 1.55 bits per heavy atom. The number of rotatable bonds is 4. The first-order valence-electron chi connectivity index (χ1n) is 6.90. The molecule has 0 amide bonds. The summed E-state index contributed by atoms with van der Waals surface area (Å²) in [4.78, 5) is 2.11. The summed E-state index contributed by atoms with van der Waals surface area (Å²) in [6.07, 6.45) is 0. The van der Waals surface area contributed by atoms with Gasteiger partial charge in [-0.25, -0.2) is 0 Å². The molecule has 2 N–H and O–H groups in total. The van der Waals surface area contributed by atoms with Crippen LogP contribution in [0.3, 0.4) is 0 Å². The fourth-order valence-corrected chi connectivity index (χ4v) is 2.50. The zero-order valence-electron chi connectivity index (χ0n) is 13.1. The SMILES string of the molecule is C/C(CN(C)C)=C(\c1ccc(O)cc1)c1cccc(O)c1.Cl. The van der Waals surface area contributed by atoms with Crippen molar-refractivity contribution in [2.75, 3.05) is 20.6 Å². The van der Waals surface area contributed by atoms with Crippen molar-refractivity contribution in [2.24, 2.45) is 0 Å². The molecule has 2 rings (SSSR count). The van der Waals surface area contributed by atoms with E-state index in [2.05, 4.69) is 11.8 Å². The summed E-state index contributed by atoms with van der Waals surface area (Å²) >= 11 is 0. The van der Waals surface area contributed by atoms with E-state index in [1.54, 1.807) is 24.3 Å². The van der Waals surface area contributed by atoms with Crippen molar-refractivity contribution in [1.82, 2.24) is 4.90 Å². The molecule has 0 bridgehead atoms. The maximum Gasteiger partial charge on any atom is 0.116 e. The number of phenolic OH excluding ortho intramolecular Hbond substituents is 2. The fourth-order valence-electron chi connectivity index (χ4n) is 2.50. The predicted molar refractivity (Wildman–Crippen MR) is 93.7 cm³/mol. The zero-order chi connectivity index (χ0) is 15.4. The third-order valence-corrected chi connectivity index (χ3v) is 3.27. The van der Waals surface area contributed by atoms with Crippen molar-refractivity contribution in [3.05, 3.63) is 65.2 Å². The largest absolute Gasteiger partial charge is 0.508 e. The van der Waals surface area contributed by atoms with E-state index in [4.69, 9.17) is 0 Å². The van der Waals surface area contributed by atoms with Crippen LogP contribution in [0.2, 0.25) is 0 Å². The van der Waals surface area contributed by atoms with Crippen LogP contribution in [0.1, 0.15) is 18.1 Å². The van der Waals surface area contributed by atoms with Crippen molar-refractivity contribution in [2.45, 2.75) is 6.92 Å². The third kappa shape index (κ3) is 4.52. The predicted octanol–water partition coefficient (Wildman–Crippen LogP) is 3.90. The Kier molecular flexibility index (Phi) is 6.47. The molecule has 0 aliphatic carbocycles. The number of phenols is 2. The minimum absolute atomic E-state index is 0. The molecule has 0 saturated carbocycles. The van der Waals surface area contributed by atoms with Crippen LogP contribution in [-0.2, 0) is 0 Å². The van der Waals surface area contributed by atoms with Gasteiger partial charge in [0.05, 0.1) is 0 Å². The van der Waals surface area contributed by atoms with Crippen LogP contribution in [0.25, 0.3) is 5.57 Å². The average Bonchev–Trinajstić information content (AvgIpc) is 2.40. The summed E-state index contributed by atoms with van der Waals surface area (Å²) in [7, 11) is 4.06. The molecule has 0 atom stereocenters. The second-order valence-electron chi connectivity index (χ2n) is 5.49. The van der Waals surface area contributed by atoms with Gasteiger partial charge in [0, 0.05) is 6.54 Å². The van der Waals surface area contributed by atoms with Gasteiger partial charge < -0.3 is 15.1 Å². The third-order valence-electron chi connectivity index (χ3n) is 3.27. The molecule has 4 heteroatoms. The van der Waals surface area contributed by atoms with Crippen molar-refractivity contribution >= 4 is 18.0 Å². The Bertz CT molecular complexity index is 648. The molecule has 0 radical (unpaired) electrons. The van der Waals surface area contributed by atoms with Gasteiger partial charge in [-0.05, 0) is 62.0 Å². The Balaban J connectivity index is 0.00000242. The summed E-state index contributed by atoms with van der Waals surface area (Å²) in [5, 5.41) is 19.2. The van der Waals surface area contributed by atoms with Crippen LogP contribution < -0.4 is 0 Å².